The molecule has 1 heterocycles. The van der Waals surface area contributed by atoms with Gasteiger partial charge in [0.15, 0.2) is 0 Å². The van der Waals surface area contributed by atoms with E-state index in [2.05, 4.69) is 22.5 Å². The van der Waals surface area contributed by atoms with Crippen LogP contribution in [0.1, 0.15) is 29.7 Å². The van der Waals surface area contributed by atoms with E-state index in [1.165, 1.54) is 17.7 Å². The van der Waals surface area contributed by atoms with Crippen LogP contribution in [0.15, 0.2) is 6.20 Å². The van der Waals surface area contributed by atoms with Crippen molar-refractivity contribution in [3.05, 3.63) is 16.1 Å². The number of hydrogen-bond acceptors (Lipinski definition) is 4. The highest BCUT2D eigenvalue weighted by Crippen LogP contribution is 2.18. The van der Waals surface area contributed by atoms with Crippen LogP contribution in [0.3, 0.4) is 0 Å². The van der Waals surface area contributed by atoms with E-state index in [0.717, 1.165) is 24.1 Å². The first-order chi connectivity index (χ1) is 7.24. The van der Waals surface area contributed by atoms with E-state index in [-0.39, 0.29) is 0 Å². The Morgan fingerprint density at radius 1 is 1.60 bits per heavy atom. The molecule has 1 unspecified atom stereocenters. The summed E-state index contributed by atoms with van der Waals surface area (Å²) in [5.74, 6) is 0. The van der Waals surface area contributed by atoms with Crippen LogP contribution < -0.4 is 10.6 Å². The van der Waals surface area contributed by atoms with E-state index in [1.807, 2.05) is 13.1 Å². The Hall–Kier alpha value is -0.450. The van der Waals surface area contributed by atoms with Crippen LogP contribution in [-0.2, 0) is 6.54 Å². The summed E-state index contributed by atoms with van der Waals surface area (Å²) >= 11 is 1.77. The summed E-state index contributed by atoms with van der Waals surface area (Å²) < 4.78 is 0. The maximum Gasteiger partial charge on any atom is 0.0897 e. The van der Waals surface area contributed by atoms with Crippen molar-refractivity contribution in [3.8, 4) is 0 Å². The smallest absolute Gasteiger partial charge is 0.0897 e. The zero-order valence-corrected chi connectivity index (χ0v) is 10.2. The average molecular weight is 225 g/mol. The van der Waals surface area contributed by atoms with Gasteiger partial charge >= 0.3 is 0 Å². The average Bonchev–Trinajstić information content (AvgIpc) is 2.95. The first-order valence-corrected chi connectivity index (χ1v) is 6.44. The Bertz CT molecular complexity index is 307. The highest BCUT2D eigenvalue weighted by Gasteiger charge is 2.20. The van der Waals surface area contributed by atoms with Gasteiger partial charge < -0.3 is 10.6 Å². The number of nitrogens with zero attached hydrogens (tertiary/aromatic N) is 1. The molecular formula is C11H19N3S. The second-order valence-electron chi connectivity index (χ2n) is 4.31. The molecule has 84 valence electrons. The molecule has 0 aliphatic heterocycles. The van der Waals surface area contributed by atoms with Gasteiger partial charge in [-0.05, 0) is 26.7 Å². The van der Waals surface area contributed by atoms with Gasteiger partial charge in [-0.15, -0.1) is 11.3 Å². The number of nitrogens with one attached hydrogen (secondary N) is 2. The molecule has 1 aromatic heterocycles. The Morgan fingerprint density at radius 3 is 3.00 bits per heavy atom. The summed E-state index contributed by atoms with van der Waals surface area (Å²) in [7, 11) is 0. The first-order valence-electron chi connectivity index (χ1n) is 5.62. The molecule has 1 aromatic rings. The minimum atomic E-state index is 0.535. The fraction of sp³-hybridized carbons (Fsp3) is 0.727. The van der Waals surface area contributed by atoms with Gasteiger partial charge in [0.05, 0.1) is 5.01 Å². The molecule has 1 aliphatic carbocycles. The zero-order chi connectivity index (χ0) is 10.7. The number of aryl methyl sites for hydroxylation is 1. The van der Waals surface area contributed by atoms with E-state index in [0.29, 0.717) is 6.04 Å². The van der Waals surface area contributed by atoms with Crippen molar-refractivity contribution in [1.82, 2.24) is 15.6 Å². The predicted molar refractivity (Wildman–Crippen MR) is 64.2 cm³/mol. The molecule has 0 saturated heterocycles. The third-order valence-corrected chi connectivity index (χ3v) is 3.50. The maximum absolute atomic E-state index is 4.24. The van der Waals surface area contributed by atoms with Gasteiger partial charge in [-0.1, -0.05) is 0 Å². The molecule has 2 rings (SSSR count). The molecule has 2 N–H and O–H groups in total. The van der Waals surface area contributed by atoms with Crippen LogP contribution in [0.5, 0.6) is 0 Å². The van der Waals surface area contributed by atoms with Gasteiger partial charge in [-0.25, -0.2) is 4.98 Å². The molecule has 0 bridgehead atoms. The SMILES string of the molecule is Cc1ncc(CNC(C)CNC2CC2)s1. The third kappa shape index (κ3) is 3.89. The van der Waals surface area contributed by atoms with Gasteiger partial charge in [0.2, 0.25) is 0 Å². The lowest BCUT2D eigenvalue weighted by atomic mass is 10.3. The van der Waals surface area contributed by atoms with Gasteiger partial charge in [0.1, 0.15) is 0 Å². The van der Waals surface area contributed by atoms with E-state index < -0.39 is 0 Å². The minimum Gasteiger partial charge on any atom is -0.312 e. The lowest BCUT2D eigenvalue weighted by Crippen LogP contribution is -2.36. The highest BCUT2D eigenvalue weighted by molar-refractivity contribution is 7.11. The summed E-state index contributed by atoms with van der Waals surface area (Å²) in [5.41, 5.74) is 0. The van der Waals surface area contributed by atoms with Crippen LogP contribution in [-0.4, -0.2) is 23.6 Å². The Morgan fingerprint density at radius 2 is 2.40 bits per heavy atom. The van der Waals surface area contributed by atoms with Gasteiger partial charge in [0.25, 0.3) is 0 Å². The summed E-state index contributed by atoms with van der Waals surface area (Å²) in [6, 6.07) is 1.34. The van der Waals surface area contributed by atoms with Crippen LogP contribution in [0.2, 0.25) is 0 Å². The standard InChI is InChI=1S/C11H19N3S/c1-8(5-14-10-3-4-10)12-6-11-7-13-9(2)15-11/h7-8,10,12,14H,3-6H2,1-2H3. The quantitative estimate of drug-likeness (QED) is 0.773. The molecule has 1 saturated carbocycles. The molecule has 0 radical (unpaired) electrons. The summed E-state index contributed by atoms with van der Waals surface area (Å²) in [4.78, 5) is 5.57. The summed E-state index contributed by atoms with van der Waals surface area (Å²) in [6.07, 6.45) is 4.69. The molecule has 0 amide bonds. The molecule has 1 aliphatic rings. The number of rotatable bonds is 6. The van der Waals surface area contributed by atoms with E-state index in [1.54, 1.807) is 11.3 Å². The zero-order valence-electron chi connectivity index (χ0n) is 9.42. The van der Waals surface area contributed by atoms with Gasteiger partial charge in [-0.3, -0.25) is 0 Å². The molecule has 4 heteroatoms. The predicted octanol–water partition coefficient (Wildman–Crippen LogP) is 1.68. The first kappa shape index (κ1) is 11.0. The van der Waals surface area contributed by atoms with Crippen molar-refractivity contribution in [2.24, 2.45) is 0 Å². The Labute approximate surface area is 95.3 Å². The maximum atomic E-state index is 4.24. The van der Waals surface area contributed by atoms with Gasteiger partial charge in [0, 0.05) is 36.2 Å². The van der Waals surface area contributed by atoms with Crippen molar-refractivity contribution in [2.75, 3.05) is 6.54 Å². The number of hydrogen-bond donors (Lipinski definition) is 2. The van der Waals surface area contributed by atoms with E-state index >= 15 is 0 Å². The monoisotopic (exact) mass is 225 g/mol. The number of aromatic nitrogens is 1. The van der Waals surface area contributed by atoms with Crippen molar-refractivity contribution >= 4 is 11.3 Å². The fourth-order valence-corrected chi connectivity index (χ4v) is 2.21. The lowest BCUT2D eigenvalue weighted by molar-refractivity contribution is 0.502. The lowest BCUT2D eigenvalue weighted by Gasteiger charge is -2.13. The van der Waals surface area contributed by atoms with Crippen molar-refractivity contribution in [2.45, 2.75) is 45.3 Å². The van der Waals surface area contributed by atoms with Crippen LogP contribution in [0.4, 0.5) is 0 Å². The number of thiazole rings is 1. The summed E-state index contributed by atoms with van der Waals surface area (Å²) in [5, 5.41) is 8.18. The molecule has 1 fully saturated rings. The van der Waals surface area contributed by atoms with Crippen LogP contribution in [0.25, 0.3) is 0 Å². The fourth-order valence-electron chi connectivity index (χ4n) is 1.46. The molecule has 15 heavy (non-hydrogen) atoms. The van der Waals surface area contributed by atoms with Crippen molar-refractivity contribution in [1.29, 1.82) is 0 Å². The van der Waals surface area contributed by atoms with Crippen LogP contribution >= 0.6 is 11.3 Å². The second-order valence-corrected chi connectivity index (χ2v) is 5.63. The highest BCUT2D eigenvalue weighted by atomic mass is 32.1. The molecule has 0 aromatic carbocycles. The Balaban J connectivity index is 1.63. The second kappa shape index (κ2) is 5.05. The van der Waals surface area contributed by atoms with E-state index in [9.17, 15) is 0 Å². The van der Waals surface area contributed by atoms with Crippen molar-refractivity contribution in [3.63, 3.8) is 0 Å². The molecule has 3 nitrogen and oxygen atoms in total. The molecular weight excluding hydrogens is 206 g/mol. The third-order valence-electron chi connectivity index (χ3n) is 2.58. The van der Waals surface area contributed by atoms with E-state index in [4.69, 9.17) is 0 Å². The topological polar surface area (TPSA) is 37.0 Å². The minimum absolute atomic E-state index is 0.535. The molecule has 1 atom stereocenters. The molecule has 0 spiro atoms. The largest absolute Gasteiger partial charge is 0.312 e. The Kier molecular flexibility index (Phi) is 3.72. The normalized spacial score (nSPS) is 18.0. The van der Waals surface area contributed by atoms with Crippen molar-refractivity contribution < 1.29 is 0 Å². The van der Waals surface area contributed by atoms with Crippen LogP contribution in [0, 0.1) is 6.92 Å². The van der Waals surface area contributed by atoms with Gasteiger partial charge in [-0.2, -0.15) is 0 Å². The summed E-state index contributed by atoms with van der Waals surface area (Å²) in [6.45, 7) is 6.29.